The highest BCUT2D eigenvalue weighted by molar-refractivity contribution is 5.73. The topological polar surface area (TPSA) is 133 Å². The summed E-state index contributed by atoms with van der Waals surface area (Å²) in [5, 5.41) is 2.67. The van der Waals surface area contributed by atoms with Crippen molar-refractivity contribution in [2.24, 2.45) is 5.73 Å². The molecule has 0 radical (unpaired) electrons. The summed E-state index contributed by atoms with van der Waals surface area (Å²) >= 11 is 0. The van der Waals surface area contributed by atoms with Crippen molar-refractivity contribution in [2.75, 3.05) is 0 Å². The number of amides is 2. The zero-order chi connectivity index (χ0) is 17.3. The van der Waals surface area contributed by atoms with Gasteiger partial charge in [0.15, 0.2) is 0 Å². The Kier molecular flexibility index (Phi) is 7.54. The number of imidazole rings is 1. The number of primary amides is 1. The van der Waals surface area contributed by atoms with Crippen molar-refractivity contribution >= 4 is 18.2 Å². The number of nitrogens with one attached hydrogen (secondary N) is 1. The second kappa shape index (κ2) is 8.58. The van der Waals surface area contributed by atoms with E-state index in [1.165, 1.54) is 6.33 Å². The molecule has 0 aliphatic heterocycles. The molecule has 1 aromatic rings. The van der Waals surface area contributed by atoms with Crippen LogP contribution in [-0.4, -0.2) is 33.3 Å². The van der Waals surface area contributed by atoms with Crippen LogP contribution in [0.25, 0.3) is 0 Å². The SMILES string of the molecule is CC(NC(=O)OC(C)(C)C)c1cn(CC(N)=O)cn1.O=C=O. The summed E-state index contributed by atoms with van der Waals surface area (Å²) in [5.74, 6) is -0.447. The Morgan fingerprint density at radius 2 is 2.00 bits per heavy atom. The fraction of sp³-hybridized carbons (Fsp3) is 0.538. The molecule has 0 bridgehead atoms. The smallest absolute Gasteiger partial charge is 0.408 e. The number of rotatable bonds is 4. The summed E-state index contributed by atoms with van der Waals surface area (Å²) in [6, 6.07) is -0.316. The second-order valence-electron chi connectivity index (χ2n) is 5.39. The Morgan fingerprint density at radius 3 is 2.45 bits per heavy atom. The van der Waals surface area contributed by atoms with Gasteiger partial charge in [-0.1, -0.05) is 0 Å². The Bertz CT molecular complexity index is 541. The van der Waals surface area contributed by atoms with Gasteiger partial charge in [-0.05, 0) is 27.7 Å². The van der Waals surface area contributed by atoms with E-state index < -0.39 is 17.6 Å². The highest BCUT2D eigenvalue weighted by Crippen LogP contribution is 2.12. The van der Waals surface area contributed by atoms with Gasteiger partial charge in [0.1, 0.15) is 12.1 Å². The molecule has 9 heteroatoms. The van der Waals surface area contributed by atoms with Crippen LogP contribution in [0.4, 0.5) is 4.79 Å². The lowest BCUT2D eigenvalue weighted by atomic mass is 10.2. The van der Waals surface area contributed by atoms with Gasteiger partial charge < -0.3 is 20.4 Å². The molecule has 22 heavy (non-hydrogen) atoms. The second-order valence-corrected chi connectivity index (χ2v) is 5.39. The molecular weight excluding hydrogens is 292 g/mol. The monoisotopic (exact) mass is 312 g/mol. The number of carbonyl (C=O) groups excluding carboxylic acids is 4. The molecule has 0 saturated heterocycles. The molecule has 0 fully saturated rings. The van der Waals surface area contributed by atoms with E-state index in [9.17, 15) is 9.59 Å². The summed E-state index contributed by atoms with van der Waals surface area (Å²) < 4.78 is 6.70. The molecule has 0 saturated carbocycles. The third-order valence-corrected chi connectivity index (χ3v) is 2.17. The van der Waals surface area contributed by atoms with E-state index in [1.54, 1.807) is 38.5 Å². The van der Waals surface area contributed by atoms with Gasteiger partial charge in [-0.2, -0.15) is 9.59 Å². The van der Waals surface area contributed by atoms with Crippen molar-refractivity contribution in [3.63, 3.8) is 0 Å². The van der Waals surface area contributed by atoms with Crippen molar-refractivity contribution < 1.29 is 23.9 Å². The number of nitrogens with zero attached hydrogens (tertiary/aromatic N) is 2. The number of aromatic nitrogens is 2. The lowest BCUT2D eigenvalue weighted by Crippen LogP contribution is -2.34. The van der Waals surface area contributed by atoms with Gasteiger partial charge in [0, 0.05) is 6.20 Å². The van der Waals surface area contributed by atoms with Crippen LogP contribution >= 0.6 is 0 Å². The molecule has 1 atom stereocenters. The Labute approximate surface area is 127 Å². The van der Waals surface area contributed by atoms with E-state index in [0.717, 1.165) is 0 Å². The van der Waals surface area contributed by atoms with Crippen LogP contribution in [0.15, 0.2) is 12.5 Å². The maximum Gasteiger partial charge on any atom is 0.408 e. The molecule has 0 aliphatic carbocycles. The van der Waals surface area contributed by atoms with Crippen LogP contribution in [0.5, 0.6) is 0 Å². The zero-order valence-corrected chi connectivity index (χ0v) is 13.0. The molecular formula is C13H20N4O5. The van der Waals surface area contributed by atoms with Gasteiger partial charge in [-0.25, -0.2) is 9.78 Å². The summed E-state index contributed by atoms with van der Waals surface area (Å²) in [6.45, 7) is 7.21. The van der Waals surface area contributed by atoms with Crippen molar-refractivity contribution in [2.45, 2.75) is 45.9 Å². The average molecular weight is 312 g/mol. The first kappa shape index (κ1) is 19.3. The van der Waals surface area contributed by atoms with Gasteiger partial charge in [0.2, 0.25) is 5.91 Å². The first-order chi connectivity index (χ1) is 10.1. The minimum atomic E-state index is -0.546. The summed E-state index contributed by atoms with van der Waals surface area (Å²) in [5.41, 5.74) is 5.17. The molecule has 3 N–H and O–H groups in total. The molecule has 1 heterocycles. The highest BCUT2D eigenvalue weighted by atomic mass is 16.6. The van der Waals surface area contributed by atoms with Crippen LogP contribution in [0.2, 0.25) is 0 Å². The molecule has 0 spiro atoms. The van der Waals surface area contributed by atoms with E-state index in [1.807, 2.05) is 0 Å². The molecule has 1 rings (SSSR count). The third kappa shape index (κ3) is 8.49. The van der Waals surface area contributed by atoms with Gasteiger partial charge in [0.25, 0.3) is 0 Å². The number of hydrogen-bond donors (Lipinski definition) is 2. The number of carbonyl (C=O) groups is 2. The number of nitrogens with two attached hydrogens (primary N) is 1. The minimum Gasteiger partial charge on any atom is -0.444 e. The molecule has 0 aliphatic rings. The maximum absolute atomic E-state index is 11.6. The minimum absolute atomic E-state index is 0.0617. The first-order valence-corrected chi connectivity index (χ1v) is 6.37. The van der Waals surface area contributed by atoms with Crippen LogP contribution in [0, 0.1) is 0 Å². The largest absolute Gasteiger partial charge is 0.444 e. The molecule has 2 amide bonds. The summed E-state index contributed by atoms with van der Waals surface area (Å²) in [7, 11) is 0. The van der Waals surface area contributed by atoms with Crippen LogP contribution < -0.4 is 11.1 Å². The predicted molar refractivity (Wildman–Crippen MR) is 74.2 cm³/mol. The standard InChI is InChI=1S/C12H20N4O3.CO2/c1-8(15-11(18)19-12(2,3)4)9-5-16(7-14-9)6-10(13)17;2-1-3/h5,7-8H,6H2,1-4H3,(H2,13,17)(H,15,18);. The summed E-state index contributed by atoms with van der Waals surface area (Å²) in [4.78, 5) is 42.7. The number of hydrogen-bond acceptors (Lipinski definition) is 6. The van der Waals surface area contributed by atoms with Crippen molar-refractivity contribution in [1.82, 2.24) is 14.9 Å². The molecule has 1 unspecified atom stereocenters. The van der Waals surface area contributed by atoms with E-state index >= 15 is 0 Å². The van der Waals surface area contributed by atoms with Gasteiger partial charge in [0.05, 0.1) is 18.1 Å². The van der Waals surface area contributed by atoms with Crippen LogP contribution in [0.1, 0.15) is 39.4 Å². The fourth-order valence-electron chi connectivity index (χ4n) is 1.43. The van der Waals surface area contributed by atoms with Crippen LogP contribution in [0.3, 0.4) is 0 Å². The fourth-order valence-corrected chi connectivity index (χ4v) is 1.43. The normalized spacial score (nSPS) is 11.5. The number of ether oxygens (including phenoxy) is 1. The van der Waals surface area contributed by atoms with Gasteiger partial charge in [-0.15, -0.1) is 0 Å². The zero-order valence-electron chi connectivity index (χ0n) is 13.0. The van der Waals surface area contributed by atoms with E-state index in [-0.39, 0.29) is 18.7 Å². The van der Waals surface area contributed by atoms with E-state index in [2.05, 4.69) is 10.3 Å². The predicted octanol–water partition coefficient (Wildman–Crippen LogP) is 0.371. The van der Waals surface area contributed by atoms with Crippen molar-refractivity contribution in [3.05, 3.63) is 18.2 Å². The van der Waals surface area contributed by atoms with Crippen molar-refractivity contribution in [3.8, 4) is 0 Å². The quantitative estimate of drug-likeness (QED) is 0.825. The average Bonchev–Trinajstić information content (AvgIpc) is 2.74. The maximum atomic E-state index is 11.6. The van der Waals surface area contributed by atoms with E-state index in [4.69, 9.17) is 20.1 Å². The lowest BCUT2D eigenvalue weighted by Gasteiger charge is -2.21. The first-order valence-electron chi connectivity index (χ1n) is 6.37. The van der Waals surface area contributed by atoms with Gasteiger partial charge >= 0.3 is 12.2 Å². The lowest BCUT2D eigenvalue weighted by molar-refractivity contribution is -0.191. The Morgan fingerprint density at radius 1 is 1.45 bits per heavy atom. The molecule has 122 valence electrons. The van der Waals surface area contributed by atoms with E-state index in [0.29, 0.717) is 5.69 Å². The van der Waals surface area contributed by atoms with Gasteiger partial charge in [-0.3, -0.25) is 4.79 Å². The molecule has 9 nitrogen and oxygen atoms in total. The third-order valence-electron chi connectivity index (χ3n) is 2.17. The highest BCUT2D eigenvalue weighted by Gasteiger charge is 2.19. The summed E-state index contributed by atoms with van der Waals surface area (Å²) in [6.07, 6.45) is 2.89. The van der Waals surface area contributed by atoms with Crippen LogP contribution in [-0.2, 0) is 25.7 Å². The van der Waals surface area contributed by atoms with Crippen molar-refractivity contribution in [1.29, 1.82) is 0 Å². The molecule has 1 aromatic heterocycles. The molecule has 0 aromatic carbocycles. The Balaban J connectivity index is 0.00000135. The number of alkyl carbamates (subject to hydrolysis) is 1. The Hall–Kier alpha value is -2.67.